The van der Waals surface area contributed by atoms with Crippen molar-refractivity contribution in [1.82, 2.24) is 0 Å². The van der Waals surface area contributed by atoms with Gasteiger partial charge in [-0.2, -0.15) is 0 Å². The molecule has 0 N–H and O–H groups in total. The number of ketones is 1. The largest absolute Gasteiger partial charge is 0.293 e. The molecule has 0 saturated heterocycles. The fraction of sp³-hybridized carbons (Fsp3) is 0.462. The first kappa shape index (κ1) is 13.0. The van der Waals surface area contributed by atoms with Crippen LogP contribution in [-0.2, 0) is 10.8 Å². The van der Waals surface area contributed by atoms with Crippen LogP contribution in [0.3, 0.4) is 0 Å². The van der Waals surface area contributed by atoms with Crippen LogP contribution in [0.5, 0.6) is 0 Å². The van der Waals surface area contributed by atoms with Gasteiger partial charge in [0.25, 0.3) is 0 Å². The summed E-state index contributed by atoms with van der Waals surface area (Å²) in [5, 5.41) is 0.245. The standard InChI is InChI=1S/C13H15BrO2S/c14-11-7-5-10(6-8-11)13(15)9-17(16)12-3-1-2-4-12/h5-8,12H,1-4,9H2. The average molecular weight is 315 g/mol. The molecule has 1 fully saturated rings. The lowest BCUT2D eigenvalue weighted by atomic mass is 10.2. The second-order valence-electron chi connectivity index (χ2n) is 4.36. The van der Waals surface area contributed by atoms with Crippen molar-refractivity contribution in [2.45, 2.75) is 30.9 Å². The third-order valence-corrected chi connectivity index (χ3v) is 5.40. The molecule has 17 heavy (non-hydrogen) atoms. The fourth-order valence-electron chi connectivity index (χ4n) is 2.12. The predicted molar refractivity (Wildman–Crippen MR) is 73.7 cm³/mol. The molecule has 0 spiro atoms. The predicted octanol–water partition coefficient (Wildman–Crippen LogP) is 3.32. The van der Waals surface area contributed by atoms with Crippen molar-refractivity contribution in [3.05, 3.63) is 34.3 Å². The molecule has 2 rings (SSSR count). The first-order valence-corrected chi connectivity index (χ1v) is 8.00. The third-order valence-electron chi connectivity index (χ3n) is 3.11. The second kappa shape index (κ2) is 5.91. The zero-order valence-corrected chi connectivity index (χ0v) is 11.9. The first-order valence-electron chi connectivity index (χ1n) is 5.83. The van der Waals surface area contributed by atoms with Gasteiger partial charge in [-0.3, -0.25) is 9.00 Å². The SMILES string of the molecule is O=C(CS(=O)C1CCCC1)c1ccc(Br)cc1. The van der Waals surface area contributed by atoms with Gasteiger partial charge in [0.05, 0.1) is 5.75 Å². The number of carbonyl (C=O) groups is 1. The van der Waals surface area contributed by atoms with Crippen molar-refractivity contribution >= 4 is 32.5 Å². The third kappa shape index (κ3) is 3.49. The summed E-state index contributed by atoms with van der Waals surface area (Å²) in [6.45, 7) is 0. The molecule has 0 amide bonds. The van der Waals surface area contributed by atoms with Crippen LogP contribution >= 0.6 is 15.9 Å². The fourth-order valence-corrected chi connectivity index (χ4v) is 3.90. The van der Waals surface area contributed by atoms with Gasteiger partial charge in [0, 0.05) is 26.1 Å². The van der Waals surface area contributed by atoms with Crippen LogP contribution in [0.2, 0.25) is 0 Å². The molecule has 0 aliphatic heterocycles. The molecule has 1 aliphatic carbocycles. The van der Waals surface area contributed by atoms with E-state index in [-0.39, 0.29) is 16.8 Å². The smallest absolute Gasteiger partial charge is 0.175 e. The highest BCUT2D eigenvalue weighted by atomic mass is 79.9. The molecule has 4 heteroatoms. The molecule has 0 bridgehead atoms. The lowest BCUT2D eigenvalue weighted by molar-refractivity contribution is 0.102. The van der Waals surface area contributed by atoms with Crippen LogP contribution in [0.1, 0.15) is 36.0 Å². The van der Waals surface area contributed by atoms with Crippen molar-refractivity contribution < 1.29 is 9.00 Å². The quantitative estimate of drug-likeness (QED) is 0.799. The van der Waals surface area contributed by atoms with E-state index in [0.29, 0.717) is 5.56 Å². The highest BCUT2D eigenvalue weighted by Gasteiger charge is 2.23. The molecule has 1 unspecified atom stereocenters. The van der Waals surface area contributed by atoms with Crippen LogP contribution < -0.4 is 0 Å². The number of hydrogen-bond donors (Lipinski definition) is 0. The molecule has 1 aromatic rings. The summed E-state index contributed by atoms with van der Waals surface area (Å²) in [6.07, 6.45) is 4.34. The van der Waals surface area contributed by atoms with Crippen molar-refractivity contribution in [3.8, 4) is 0 Å². The Hall–Kier alpha value is -0.480. The Morgan fingerprint density at radius 3 is 2.41 bits per heavy atom. The molecular weight excluding hydrogens is 300 g/mol. The lowest BCUT2D eigenvalue weighted by Crippen LogP contribution is -2.19. The van der Waals surface area contributed by atoms with E-state index in [1.54, 1.807) is 12.1 Å². The Labute approximate surface area is 112 Å². The van der Waals surface area contributed by atoms with E-state index in [2.05, 4.69) is 15.9 Å². The maximum atomic E-state index is 12.0. The maximum absolute atomic E-state index is 12.0. The Balaban J connectivity index is 1.96. The molecule has 1 aromatic carbocycles. The number of Topliss-reactive ketones (excluding diaryl/α,β-unsaturated/α-hetero) is 1. The van der Waals surface area contributed by atoms with Crippen LogP contribution in [-0.4, -0.2) is 21.0 Å². The Bertz CT molecular complexity index is 422. The molecule has 0 heterocycles. The average Bonchev–Trinajstić information content (AvgIpc) is 2.83. The summed E-state index contributed by atoms with van der Waals surface area (Å²) in [6, 6.07) is 7.23. The van der Waals surface area contributed by atoms with Crippen molar-refractivity contribution in [1.29, 1.82) is 0 Å². The minimum atomic E-state index is -0.993. The number of rotatable bonds is 4. The summed E-state index contributed by atoms with van der Waals surface area (Å²) in [7, 11) is -0.993. The van der Waals surface area contributed by atoms with Crippen molar-refractivity contribution in [3.63, 3.8) is 0 Å². The van der Waals surface area contributed by atoms with Crippen molar-refractivity contribution in [2.24, 2.45) is 0 Å². The van der Waals surface area contributed by atoms with Gasteiger partial charge in [0.1, 0.15) is 0 Å². The number of carbonyl (C=O) groups excluding carboxylic acids is 1. The van der Waals surface area contributed by atoms with Crippen molar-refractivity contribution in [2.75, 3.05) is 5.75 Å². The normalized spacial score (nSPS) is 18.2. The van der Waals surface area contributed by atoms with Crippen LogP contribution in [0.4, 0.5) is 0 Å². The van der Waals surface area contributed by atoms with Gasteiger partial charge >= 0.3 is 0 Å². The van der Waals surface area contributed by atoms with Gasteiger partial charge in [-0.25, -0.2) is 0 Å². The molecule has 0 radical (unpaired) electrons. The highest BCUT2D eigenvalue weighted by Crippen LogP contribution is 2.23. The van der Waals surface area contributed by atoms with Crippen LogP contribution in [0, 0.1) is 0 Å². The van der Waals surface area contributed by atoms with Gasteiger partial charge in [-0.15, -0.1) is 0 Å². The van der Waals surface area contributed by atoms with Gasteiger partial charge in [0.15, 0.2) is 5.78 Å². The van der Waals surface area contributed by atoms with E-state index >= 15 is 0 Å². The zero-order chi connectivity index (χ0) is 12.3. The van der Waals surface area contributed by atoms with E-state index in [1.807, 2.05) is 12.1 Å². The first-order chi connectivity index (χ1) is 8.16. The second-order valence-corrected chi connectivity index (χ2v) is 6.99. The van der Waals surface area contributed by atoms with E-state index in [9.17, 15) is 9.00 Å². The molecular formula is C13H15BrO2S. The molecule has 1 atom stereocenters. The molecule has 1 saturated carbocycles. The maximum Gasteiger partial charge on any atom is 0.175 e. The lowest BCUT2D eigenvalue weighted by Gasteiger charge is -2.08. The summed E-state index contributed by atoms with van der Waals surface area (Å²) < 4.78 is 12.9. The zero-order valence-electron chi connectivity index (χ0n) is 9.52. The number of halogens is 1. The van der Waals surface area contributed by atoms with Gasteiger partial charge in [0.2, 0.25) is 0 Å². The molecule has 0 aromatic heterocycles. The summed E-state index contributed by atoms with van der Waals surface area (Å²) in [4.78, 5) is 11.9. The summed E-state index contributed by atoms with van der Waals surface area (Å²) in [5.41, 5.74) is 0.652. The topological polar surface area (TPSA) is 34.1 Å². The van der Waals surface area contributed by atoms with Crippen LogP contribution in [0.15, 0.2) is 28.7 Å². The molecule has 2 nitrogen and oxygen atoms in total. The minimum absolute atomic E-state index is 0.0114. The van der Waals surface area contributed by atoms with E-state index in [1.165, 1.54) is 0 Å². The van der Waals surface area contributed by atoms with Gasteiger partial charge < -0.3 is 0 Å². The Morgan fingerprint density at radius 1 is 1.24 bits per heavy atom. The van der Waals surface area contributed by atoms with Gasteiger partial charge in [-0.05, 0) is 25.0 Å². The van der Waals surface area contributed by atoms with E-state index in [0.717, 1.165) is 30.2 Å². The monoisotopic (exact) mass is 314 g/mol. The Kier molecular flexibility index (Phi) is 4.51. The number of benzene rings is 1. The van der Waals surface area contributed by atoms with Gasteiger partial charge in [-0.1, -0.05) is 40.9 Å². The summed E-state index contributed by atoms with van der Waals surface area (Å²) in [5.74, 6) is 0.162. The number of hydrogen-bond acceptors (Lipinski definition) is 2. The Morgan fingerprint density at radius 2 is 1.82 bits per heavy atom. The molecule has 92 valence electrons. The summed E-state index contributed by atoms with van der Waals surface area (Å²) >= 11 is 3.33. The highest BCUT2D eigenvalue weighted by molar-refractivity contribution is 9.10. The van der Waals surface area contributed by atoms with Crippen LogP contribution in [0.25, 0.3) is 0 Å². The minimum Gasteiger partial charge on any atom is -0.293 e. The van der Waals surface area contributed by atoms with E-state index < -0.39 is 10.8 Å². The molecule has 1 aliphatic rings. The van der Waals surface area contributed by atoms with E-state index in [4.69, 9.17) is 0 Å².